The van der Waals surface area contributed by atoms with Crippen molar-refractivity contribution in [2.45, 2.75) is 39.7 Å². The van der Waals surface area contributed by atoms with Crippen molar-refractivity contribution in [3.05, 3.63) is 70.9 Å². The lowest BCUT2D eigenvalue weighted by molar-refractivity contribution is -0.137. The van der Waals surface area contributed by atoms with Gasteiger partial charge in [0.05, 0.1) is 12.2 Å². The van der Waals surface area contributed by atoms with Crippen molar-refractivity contribution in [3.8, 4) is 5.75 Å². The molecule has 0 bridgehead atoms. The van der Waals surface area contributed by atoms with E-state index < -0.39 is 0 Å². The fourth-order valence-electron chi connectivity index (χ4n) is 4.21. The van der Waals surface area contributed by atoms with Crippen LogP contribution in [0.15, 0.2) is 54.2 Å². The van der Waals surface area contributed by atoms with Gasteiger partial charge in [0.2, 0.25) is 0 Å². The number of fused-ring (bicyclic) bond motifs is 1. The molecule has 0 aliphatic carbocycles. The monoisotopic (exact) mass is 404 g/mol. The Morgan fingerprint density at radius 2 is 1.67 bits per heavy atom. The van der Waals surface area contributed by atoms with Gasteiger partial charge in [-0.25, -0.2) is 0 Å². The van der Waals surface area contributed by atoms with Crippen molar-refractivity contribution in [1.29, 1.82) is 0 Å². The number of carbonyl (C=O) groups excluding carboxylic acids is 2. The zero-order valence-corrected chi connectivity index (χ0v) is 17.7. The Balaban J connectivity index is 1.73. The summed E-state index contributed by atoms with van der Waals surface area (Å²) in [5.41, 5.74) is 4.35. The second-order valence-electron chi connectivity index (χ2n) is 7.74. The van der Waals surface area contributed by atoms with E-state index in [2.05, 4.69) is 30.0 Å². The van der Waals surface area contributed by atoms with Gasteiger partial charge in [0.15, 0.2) is 0 Å². The van der Waals surface area contributed by atoms with Crippen LogP contribution in [0.5, 0.6) is 5.75 Å². The van der Waals surface area contributed by atoms with Crippen LogP contribution in [-0.2, 0) is 22.6 Å². The molecule has 2 aromatic carbocycles. The molecule has 0 atom stereocenters. The zero-order chi connectivity index (χ0) is 21.1. The number of carbonyl (C=O) groups is 2. The van der Waals surface area contributed by atoms with Crippen LogP contribution in [0.1, 0.15) is 43.4 Å². The average molecular weight is 405 g/mol. The molecule has 0 fully saturated rings. The van der Waals surface area contributed by atoms with E-state index in [0.29, 0.717) is 31.0 Å². The van der Waals surface area contributed by atoms with Crippen molar-refractivity contribution in [1.82, 2.24) is 9.80 Å². The molecular weight excluding hydrogens is 376 g/mol. The van der Waals surface area contributed by atoms with Crippen LogP contribution < -0.4 is 4.74 Å². The molecule has 0 radical (unpaired) electrons. The summed E-state index contributed by atoms with van der Waals surface area (Å²) in [5, 5.41) is 0. The highest BCUT2D eigenvalue weighted by atomic mass is 16.5. The Hall–Kier alpha value is -3.08. The van der Waals surface area contributed by atoms with E-state index in [1.807, 2.05) is 37.3 Å². The second-order valence-corrected chi connectivity index (χ2v) is 7.74. The quantitative estimate of drug-likeness (QED) is 0.654. The molecule has 0 saturated carbocycles. The molecule has 4 rings (SSSR count). The van der Waals surface area contributed by atoms with Gasteiger partial charge in [-0.15, -0.1) is 0 Å². The normalized spacial score (nSPS) is 16.3. The maximum Gasteiger partial charge on any atom is 0.277 e. The zero-order valence-electron chi connectivity index (χ0n) is 17.7. The summed E-state index contributed by atoms with van der Waals surface area (Å²) >= 11 is 0. The van der Waals surface area contributed by atoms with Gasteiger partial charge in [-0.05, 0) is 48.6 Å². The van der Waals surface area contributed by atoms with Gasteiger partial charge in [-0.2, -0.15) is 0 Å². The van der Waals surface area contributed by atoms with Gasteiger partial charge in [0, 0.05) is 19.6 Å². The third kappa shape index (κ3) is 3.72. The standard InChI is InChI=1S/C25H28N2O3/c1-3-5-15-27-24(28)22(19-10-12-21(13-11-19)30-4-2)23(25(27)29)26-16-14-18-8-6-7-9-20(18)17-26/h6-13H,3-5,14-17H2,1-2H3. The van der Waals surface area contributed by atoms with Crippen LogP contribution in [0.3, 0.4) is 0 Å². The second kappa shape index (κ2) is 8.74. The molecule has 2 amide bonds. The maximum atomic E-state index is 13.4. The maximum absolute atomic E-state index is 13.4. The molecule has 2 aliphatic rings. The van der Waals surface area contributed by atoms with Gasteiger partial charge in [0.25, 0.3) is 11.8 Å². The molecule has 0 unspecified atom stereocenters. The first kappa shape index (κ1) is 20.2. The Morgan fingerprint density at radius 1 is 0.933 bits per heavy atom. The lowest BCUT2D eigenvalue weighted by Gasteiger charge is -2.31. The predicted molar refractivity (Wildman–Crippen MR) is 117 cm³/mol. The largest absolute Gasteiger partial charge is 0.494 e. The van der Waals surface area contributed by atoms with Gasteiger partial charge in [-0.3, -0.25) is 14.5 Å². The van der Waals surface area contributed by atoms with E-state index in [1.165, 1.54) is 16.0 Å². The number of rotatable bonds is 7. The number of amides is 2. The first-order valence-corrected chi connectivity index (χ1v) is 10.8. The SMILES string of the molecule is CCCCN1C(=O)C(c2ccc(OCC)cc2)=C(N2CCc3ccccc3C2)C1=O. The molecule has 2 heterocycles. The number of nitrogens with zero attached hydrogens (tertiary/aromatic N) is 2. The molecule has 0 saturated heterocycles. The molecule has 5 nitrogen and oxygen atoms in total. The summed E-state index contributed by atoms with van der Waals surface area (Å²) in [5.74, 6) is 0.401. The number of unbranched alkanes of at least 4 members (excludes halogenated alkanes) is 1. The molecule has 156 valence electrons. The summed E-state index contributed by atoms with van der Waals surface area (Å²) in [4.78, 5) is 30.2. The van der Waals surface area contributed by atoms with Crippen LogP contribution in [0.2, 0.25) is 0 Å². The van der Waals surface area contributed by atoms with E-state index in [4.69, 9.17) is 4.74 Å². The number of hydrogen-bond acceptors (Lipinski definition) is 4. The van der Waals surface area contributed by atoms with Gasteiger partial charge in [0.1, 0.15) is 11.4 Å². The van der Waals surface area contributed by atoms with Crippen LogP contribution in [-0.4, -0.2) is 41.3 Å². The molecule has 5 heteroatoms. The number of benzene rings is 2. The van der Waals surface area contributed by atoms with E-state index >= 15 is 0 Å². The average Bonchev–Trinajstić information content (AvgIpc) is 3.02. The minimum atomic E-state index is -0.188. The fourth-order valence-corrected chi connectivity index (χ4v) is 4.21. The number of hydrogen-bond donors (Lipinski definition) is 0. The molecule has 0 N–H and O–H groups in total. The minimum Gasteiger partial charge on any atom is -0.494 e. The van der Waals surface area contributed by atoms with Crippen molar-refractivity contribution in [3.63, 3.8) is 0 Å². The molecule has 0 aromatic heterocycles. The summed E-state index contributed by atoms with van der Waals surface area (Å²) in [6, 6.07) is 15.8. The molecule has 2 aliphatic heterocycles. The Bertz CT molecular complexity index is 978. The smallest absolute Gasteiger partial charge is 0.277 e. The molecule has 0 spiro atoms. The Labute approximate surface area is 177 Å². The third-order valence-corrected chi connectivity index (χ3v) is 5.78. The highest BCUT2D eigenvalue weighted by Gasteiger charge is 2.41. The van der Waals surface area contributed by atoms with E-state index in [1.54, 1.807) is 0 Å². The fraction of sp³-hybridized carbons (Fsp3) is 0.360. The molecule has 2 aromatic rings. The number of imide groups is 1. The highest BCUT2D eigenvalue weighted by Crippen LogP contribution is 2.35. The van der Waals surface area contributed by atoms with Crippen LogP contribution >= 0.6 is 0 Å². The Morgan fingerprint density at radius 3 is 2.37 bits per heavy atom. The van der Waals surface area contributed by atoms with Gasteiger partial charge in [-0.1, -0.05) is 49.7 Å². The van der Waals surface area contributed by atoms with Crippen LogP contribution in [0.4, 0.5) is 0 Å². The van der Waals surface area contributed by atoms with Crippen LogP contribution in [0, 0.1) is 0 Å². The van der Waals surface area contributed by atoms with E-state index in [9.17, 15) is 9.59 Å². The van der Waals surface area contributed by atoms with Crippen molar-refractivity contribution >= 4 is 17.4 Å². The summed E-state index contributed by atoms with van der Waals surface area (Å²) in [7, 11) is 0. The minimum absolute atomic E-state index is 0.170. The van der Waals surface area contributed by atoms with E-state index in [0.717, 1.165) is 37.1 Å². The van der Waals surface area contributed by atoms with Crippen LogP contribution in [0.25, 0.3) is 5.57 Å². The molecular formula is C25H28N2O3. The summed E-state index contributed by atoms with van der Waals surface area (Å²) in [6.07, 6.45) is 2.61. The Kier molecular flexibility index (Phi) is 5.88. The van der Waals surface area contributed by atoms with Crippen molar-refractivity contribution in [2.24, 2.45) is 0 Å². The van der Waals surface area contributed by atoms with E-state index in [-0.39, 0.29) is 11.8 Å². The first-order chi connectivity index (χ1) is 14.6. The number of ether oxygens (including phenoxy) is 1. The highest BCUT2D eigenvalue weighted by molar-refractivity contribution is 6.35. The van der Waals surface area contributed by atoms with Crippen molar-refractivity contribution < 1.29 is 14.3 Å². The lowest BCUT2D eigenvalue weighted by atomic mass is 9.98. The van der Waals surface area contributed by atoms with Gasteiger partial charge >= 0.3 is 0 Å². The third-order valence-electron chi connectivity index (χ3n) is 5.78. The van der Waals surface area contributed by atoms with Crippen molar-refractivity contribution in [2.75, 3.05) is 19.7 Å². The molecule has 30 heavy (non-hydrogen) atoms. The predicted octanol–water partition coefficient (Wildman–Crippen LogP) is 4.02. The lowest BCUT2D eigenvalue weighted by Crippen LogP contribution is -2.37. The first-order valence-electron chi connectivity index (χ1n) is 10.8. The topological polar surface area (TPSA) is 49.9 Å². The summed E-state index contributed by atoms with van der Waals surface area (Å²) < 4.78 is 5.54. The van der Waals surface area contributed by atoms with Gasteiger partial charge < -0.3 is 9.64 Å². The summed E-state index contributed by atoms with van der Waals surface area (Å²) in [6.45, 7) is 6.42.